The molecule has 0 heterocycles. The zero-order valence-corrected chi connectivity index (χ0v) is 12.4. The van der Waals surface area contributed by atoms with Gasteiger partial charge in [-0.05, 0) is 31.0 Å². The van der Waals surface area contributed by atoms with E-state index in [0.29, 0.717) is 31.8 Å². The van der Waals surface area contributed by atoms with Crippen molar-refractivity contribution in [2.45, 2.75) is 19.9 Å². The van der Waals surface area contributed by atoms with Crippen LogP contribution >= 0.6 is 0 Å². The maximum Gasteiger partial charge on any atom is 0.146 e. The van der Waals surface area contributed by atoms with Gasteiger partial charge in [0.25, 0.3) is 0 Å². The molecular weight excluding hydrogens is 259 g/mol. The van der Waals surface area contributed by atoms with Crippen molar-refractivity contribution in [3.05, 3.63) is 29.6 Å². The summed E-state index contributed by atoms with van der Waals surface area (Å²) in [4.78, 5) is 1.94. The van der Waals surface area contributed by atoms with Crippen LogP contribution in [0.5, 0.6) is 0 Å². The third kappa shape index (κ3) is 5.45. The molecular formula is C15H25FN2O2. The van der Waals surface area contributed by atoms with E-state index in [9.17, 15) is 4.39 Å². The molecule has 0 unspecified atom stereocenters. The summed E-state index contributed by atoms with van der Waals surface area (Å²) in [5, 5.41) is 12.1. The quantitative estimate of drug-likeness (QED) is 0.643. The predicted molar refractivity (Wildman–Crippen MR) is 79.6 cm³/mol. The first kappa shape index (κ1) is 16.9. The number of anilines is 1. The van der Waals surface area contributed by atoms with E-state index in [1.165, 1.54) is 0 Å². The lowest BCUT2D eigenvalue weighted by molar-refractivity contribution is 0.199. The van der Waals surface area contributed by atoms with Crippen molar-refractivity contribution in [1.29, 1.82) is 0 Å². The lowest BCUT2D eigenvalue weighted by atomic mass is 10.1. The molecule has 20 heavy (non-hydrogen) atoms. The van der Waals surface area contributed by atoms with Crippen molar-refractivity contribution in [2.75, 3.05) is 44.9 Å². The molecule has 0 saturated heterocycles. The van der Waals surface area contributed by atoms with Crippen LogP contribution in [0.2, 0.25) is 0 Å². The summed E-state index contributed by atoms with van der Waals surface area (Å²) in [5.74, 6) is -0.212. The number of hydrogen-bond acceptors (Lipinski definition) is 4. The maximum atomic E-state index is 14.1. The number of benzene rings is 1. The van der Waals surface area contributed by atoms with E-state index in [1.54, 1.807) is 13.2 Å². The smallest absolute Gasteiger partial charge is 0.146 e. The summed E-state index contributed by atoms with van der Waals surface area (Å²) in [7, 11) is 1.65. The van der Waals surface area contributed by atoms with Crippen LogP contribution in [0.4, 0.5) is 10.1 Å². The van der Waals surface area contributed by atoms with Crippen molar-refractivity contribution >= 4 is 5.69 Å². The van der Waals surface area contributed by atoms with Crippen LogP contribution in [0.3, 0.4) is 0 Å². The minimum atomic E-state index is -0.212. The van der Waals surface area contributed by atoms with E-state index < -0.39 is 0 Å². The van der Waals surface area contributed by atoms with E-state index in [4.69, 9.17) is 9.84 Å². The van der Waals surface area contributed by atoms with E-state index in [0.717, 1.165) is 18.7 Å². The first-order chi connectivity index (χ1) is 9.72. The lowest BCUT2D eigenvalue weighted by Gasteiger charge is -2.23. The maximum absolute atomic E-state index is 14.1. The third-order valence-corrected chi connectivity index (χ3v) is 3.13. The summed E-state index contributed by atoms with van der Waals surface area (Å²) in [6.45, 7) is 5.51. The molecule has 0 bridgehead atoms. The number of methoxy groups -OCH3 is 1. The Morgan fingerprint density at radius 1 is 1.40 bits per heavy atom. The molecule has 1 rings (SSSR count). The van der Waals surface area contributed by atoms with E-state index >= 15 is 0 Å². The Morgan fingerprint density at radius 3 is 2.80 bits per heavy atom. The molecule has 1 aromatic carbocycles. The summed E-state index contributed by atoms with van der Waals surface area (Å²) in [5.41, 5.74) is 1.52. The van der Waals surface area contributed by atoms with Crippen molar-refractivity contribution in [1.82, 2.24) is 5.32 Å². The van der Waals surface area contributed by atoms with Gasteiger partial charge in [-0.15, -0.1) is 0 Å². The Morgan fingerprint density at radius 2 is 2.20 bits per heavy atom. The molecule has 0 radical (unpaired) electrons. The number of aliphatic hydroxyl groups excluding tert-OH is 1. The van der Waals surface area contributed by atoms with Gasteiger partial charge < -0.3 is 20.1 Å². The Hall–Kier alpha value is -1.17. The van der Waals surface area contributed by atoms with Gasteiger partial charge in [-0.2, -0.15) is 0 Å². The second kappa shape index (κ2) is 9.69. The Bertz CT molecular complexity index is 388. The molecule has 5 heteroatoms. The predicted octanol–water partition coefficient (Wildman–Crippen LogP) is 1.77. The van der Waals surface area contributed by atoms with Crippen LogP contribution < -0.4 is 10.2 Å². The number of ether oxygens (including phenoxy) is 1. The molecule has 2 N–H and O–H groups in total. The highest BCUT2D eigenvalue weighted by Crippen LogP contribution is 2.20. The lowest BCUT2D eigenvalue weighted by Crippen LogP contribution is -2.25. The molecule has 0 spiro atoms. The van der Waals surface area contributed by atoms with Crippen LogP contribution in [0.25, 0.3) is 0 Å². The summed E-state index contributed by atoms with van der Waals surface area (Å²) < 4.78 is 19.1. The molecule has 0 aromatic heterocycles. The molecule has 0 aliphatic carbocycles. The number of nitrogens with one attached hydrogen (secondary N) is 1. The van der Waals surface area contributed by atoms with Crippen molar-refractivity contribution in [3.63, 3.8) is 0 Å². The van der Waals surface area contributed by atoms with Gasteiger partial charge in [0.05, 0.1) is 12.3 Å². The molecule has 0 saturated carbocycles. The van der Waals surface area contributed by atoms with Gasteiger partial charge >= 0.3 is 0 Å². The van der Waals surface area contributed by atoms with E-state index in [2.05, 4.69) is 5.32 Å². The largest absolute Gasteiger partial charge is 0.396 e. The van der Waals surface area contributed by atoms with Crippen LogP contribution in [-0.2, 0) is 11.3 Å². The number of nitrogens with zero attached hydrogens (tertiary/aromatic N) is 1. The molecule has 4 nitrogen and oxygen atoms in total. The van der Waals surface area contributed by atoms with Gasteiger partial charge in [-0.25, -0.2) is 4.39 Å². The van der Waals surface area contributed by atoms with Crippen molar-refractivity contribution < 1.29 is 14.2 Å². The first-order valence-corrected chi connectivity index (χ1v) is 7.06. The first-order valence-electron chi connectivity index (χ1n) is 7.06. The second-order valence-electron chi connectivity index (χ2n) is 4.61. The summed E-state index contributed by atoms with van der Waals surface area (Å²) in [6, 6.07) is 5.31. The fraction of sp³-hybridized carbons (Fsp3) is 0.600. The van der Waals surface area contributed by atoms with Gasteiger partial charge in [-0.1, -0.05) is 6.07 Å². The molecule has 1 aromatic rings. The third-order valence-electron chi connectivity index (χ3n) is 3.13. The highest BCUT2D eigenvalue weighted by atomic mass is 19.1. The molecule has 0 aliphatic heterocycles. The summed E-state index contributed by atoms with van der Waals surface area (Å²) >= 11 is 0. The zero-order chi connectivity index (χ0) is 14.8. The van der Waals surface area contributed by atoms with E-state index in [1.807, 2.05) is 24.0 Å². The van der Waals surface area contributed by atoms with Gasteiger partial charge in [0, 0.05) is 39.9 Å². The van der Waals surface area contributed by atoms with Gasteiger partial charge in [0.2, 0.25) is 0 Å². The normalized spacial score (nSPS) is 10.8. The fourth-order valence-corrected chi connectivity index (χ4v) is 2.03. The second-order valence-corrected chi connectivity index (χ2v) is 4.61. The van der Waals surface area contributed by atoms with Crippen LogP contribution in [0.15, 0.2) is 18.2 Å². The Kier molecular flexibility index (Phi) is 8.18. The van der Waals surface area contributed by atoms with Crippen molar-refractivity contribution in [2.24, 2.45) is 0 Å². The summed E-state index contributed by atoms with van der Waals surface area (Å²) in [6.07, 6.45) is 0.646. The fourth-order valence-electron chi connectivity index (χ4n) is 2.03. The highest BCUT2D eigenvalue weighted by molar-refractivity contribution is 5.49. The van der Waals surface area contributed by atoms with Crippen LogP contribution in [-0.4, -0.2) is 45.1 Å². The van der Waals surface area contributed by atoms with Crippen LogP contribution in [0.1, 0.15) is 18.9 Å². The molecule has 0 atom stereocenters. The number of rotatable bonds is 10. The van der Waals surface area contributed by atoms with E-state index in [-0.39, 0.29) is 12.4 Å². The molecule has 0 fully saturated rings. The number of aliphatic hydroxyl groups is 1. The average molecular weight is 284 g/mol. The SMILES string of the molecule is CCN(CCCO)c1ccc(CNCCOC)cc1F. The van der Waals surface area contributed by atoms with Crippen molar-refractivity contribution in [3.8, 4) is 0 Å². The zero-order valence-electron chi connectivity index (χ0n) is 12.4. The number of hydrogen-bond donors (Lipinski definition) is 2. The Labute approximate surface area is 120 Å². The van der Waals surface area contributed by atoms with Crippen LogP contribution in [0, 0.1) is 5.82 Å². The molecule has 0 aliphatic rings. The van der Waals surface area contributed by atoms with Gasteiger partial charge in [0.1, 0.15) is 5.82 Å². The monoisotopic (exact) mass is 284 g/mol. The standard InChI is InChI=1S/C15H25FN2O2/c1-3-18(8-4-9-19)15-6-5-13(11-14(15)16)12-17-7-10-20-2/h5-6,11,17,19H,3-4,7-10,12H2,1-2H3. The Balaban J connectivity index is 2.61. The average Bonchev–Trinajstić information content (AvgIpc) is 2.46. The number of halogens is 1. The molecule has 114 valence electrons. The molecule has 0 amide bonds. The van der Waals surface area contributed by atoms with Gasteiger partial charge in [-0.3, -0.25) is 0 Å². The highest BCUT2D eigenvalue weighted by Gasteiger charge is 2.10. The minimum absolute atomic E-state index is 0.125. The van der Waals surface area contributed by atoms with Gasteiger partial charge in [0.15, 0.2) is 0 Å². The minimum Gasteiger partial charge on any atom is -0.396 e. The topological polar surface area (TPSA) is 44.7 Å².